The predicted octanol–water partition coefficient (Wildman–Crippen LogP) is 5.13. The number of fused-ring (bicyclic) bond motifs is 1. The third-order valence-electron chi connectivity index (χ3n) is 6.47. The zero-order valence-corrected chi connectivity index (χ0v) is 21.0. The van der Waals surface area contributed by atoms with Crippen molar-refractivity contribution >= 4 is 16.9 Å². The van der Waals surface area contributed by atoms with Gasteiger partial charge in [0.15, 0.2) is 0 Å². The van der Waals surface area contributed by atoms with E-state index in [-0.39, 0.29) is 24.3 Å². The number of hydrogen-bond acceptors (Lipinski definition) is 4. The Hall–Kier alpha value is -5.17. The van der Waals surface area contributed by atoms with E-state index < -0.39 is 17.7 Å². The van der Waals surface area contributed by atoms with E-state index in [1.54, 1.807) is 41.0 Å². The number of ether oxygens (including phenoxy) is 1. The largest absolute Gasteiger partial charge is 0.490 e. The molecule has 0 atom stereocenters. The van der Waals surface area contributed by atoms with E-state index in [0.29, 0.717) is 16.7 Å². The Kier molecular flexibility index (Phi) is 7.50. The maximum Gasteiger partial charge on any atom is 0.335 e. The van der Waals surface area contributed by atoms with Gasteiger partial charge < -0.3 is 9.84 Å². The number of carboxylic acid groups (broad SMARTS) is 1. The molecule has 5 rings (SSSR count). The number of para-hydroxylation sites is 1. The van der Waals surface area contributed by atoms with Crippen LogP contribution in [0.2, 0.25) is 0 Å². The lowest BCUT2D eigenvalue weighted by Gasteiger charge is -2.22. The average molecular weight is 519 g/mol. The Bertz CT molecular complexity index is 1700. The molecule has 0 aliphatic heterocycles. The third-order valence-corrected chi connectivity index (χ3v) is 6.47. The topological polar surface area (TPSA) is 90.5 Å². The number of aromatic nitrogens is 2. The van der Waals surface area contributed by atoms with Crippen molar-refractivity contribution in [3.63, 3.8) is 0 Å². The third kappa shape index (κ3) is 5.43. The molecule has 0 amide bonds. The Balaban J connectivity index is 1.50. The Morgan fingerprint density at radius 1 is 0.769 bits per heavy atom. The van der Waals surface area contributed by atoms with E-state index in [0.717, 1.165) is 11.1 Å². The summed E-state index contributed by atoms with van der Waals surface area (Å²) >= 11 is 0. The quantitative estimate of drug-likeness (QED) is 0.273. The molecule has 0 aliphatic carbocycles. The molecule has 4 aromatic carbocycles. The van der Waals surface area contributed by atoms with Crippen LogP contribution in [0.3, 0.4) is 0 Å². The molecule has 7 heteroatoms. The predicted molar refractivity (Wildman–Crippen MR) is 151 cm³/mol. The van der Waals surface area contributed by atoms with Crippen LogP contribution >= 0.6 is 0 Å². The maximum atomic E-state index is 14.0. The van der Waals surface area contributed by atoms with Gasteiger partial charge in [-0.15, -0.1) is 0 Å². The maximum absolute atomic E-state index is 14.0. The zero-order chi connectivity index (χ0) is 27.2. The van der Waals surface area contributed by atoms with Crippen molar-refractivity contribution in [2.24, 2.45) is 0 Å². The monoisotopic (exact) mass is 518 g/mol. The van der Waals surface area contributed by atoms with Gasteiger partial charge in [0, 0.05) is 6.54 Å². The van der Waals surface area contributed by atoms with Crippen molar-refractivity contribution in [1.29, 1.82) is 0 Å². The molecule has 0 fully saturated rings. The summed E-state index contributed by atoms with van der Waals surface area (Å²) < 4.78 is 8.60. The first kappa shape index (κ1) is 25.5. The summed E-state index contributed by atoms with van der Waals surface area (Å²) in [5, 5.41) is 9.48. The Labute approximate surface area is 224 Å². The van der Waals surface area contributed by atoms with Gasteiger partial charge in [-0.1, -0.05) is 78.9 Å². The number of aromatic carboxylic acids is 1. The molecule has 1 aromatic heterocycles. The van der Waals surface area contributed by atoms with Crippen molar-refractivity contribution in [3.8, 4) is 5.75 Å². The molecule has 39 heavy (non-hydrogen) atoms. The normalized spacial score (nSPS) is 11.3. The van der Waals surface area contributed by atoms with Crippen molar-refractivity contribution in [2.75, 3.05) is 6.61 Å². The summed E-state index contributed by atoms with van der Waals surface area (Å²) in [6, 6.07) is 31.7. The number of hydrogen-bond donors (Lipinski definition) is 1. The van der Waals surface area contributed by atoms with Crippen molar-refractivity contribution in [2.45, 2.75) is 12.6 Å². The Morgan fingerprint density at radius 3 is 1.97 bits per heavy atom. The van der Waals surface area contributed by atoms with E-state index in [1.807, 2.05) is 72.8 Å². The highest BCUT2D eigenvalue weighted by Crippen LogP contribution is 2.25. The van der Waals surface area contributed by atoms with Crippen LogP contribution in [0.1, 0.15) is 27.5 Å². The molecule has 0 bridgehead atoms. The van der Waals surface area contributed by atoms with Crippen molar-refractivity contribution < 1.29 is 14.6 Å². The summed E-state index contributed by atoms with van der Waals surface area (Å²) in [7, 11) is 0. The fraction of sp³-hybridized carbons (Fsp3) is 0.0938. The molecular formula is C32H26N2O5. The van der Waals surface area contributed by atoms with Crippen LogP contribution in [-0.2, 0) is 6.54 Å². The van der Waals surface area contributed by atoms with Gasteiger partial charge in [-0.25, -0.2) is 14.2 Å². The molecule has 0 aliphatic rings. The SMILES string of the molecule is O=C(O)c1ccc(OC/C=C/Cn2c(=O)n(C(c3ccccc3)c3ccccc3)c(=O)c3ccccc32)cc1. The Morgan fingerprint density at radius 2 is 1.36 bits per heavy atom. The van der Waals surface area contributed by atoms with Crippen LogP contribution in [-0.4, -0.2) is 26.8 Å². The summed E-state index contributed by atoms with van der Waals surface area (Å²) in [6.45, 7) is 0.465. The van der Waals surface area contributed by atoms with Crippen LogP contribution in [0, 0.1) is 0 Å². The van der Waals surface area contributed by atoms with E-state index in [2.05, 4.69) is 0 Å². The molecule has 5 aromatic rings. The number of nitrogens with zero attached hydrogens (tertiary/aromatic N) is 2. The van der Waals surface area contributed by atoms with Gasteiger partial charge in [0.05, 0.1) is 22.5 Å². The lowest BCUT2D eigenvalue weighted by atomic mass is 9.98. The minimum absolute atomic E-state index is 0.184. The van der Waals surface area contributed by atoms with E-state index in [9.17, 15) is 14.4 Å². The number of carbonyl (C=O) groups is 1. The minimum Gasteiger partial charge on any atom is -0.490 e. The number of allylic oxidation sites excluding steroid dienone is 1. The summed E-state index contributed by atoms with van der Waals surface area (Å²) in [5.41, 5.74) is 1.65. The summed E-state index contributed by atoms with van der Waals surface area (Å²) in [4.78, 5) is 38.8. The van der Waals surface area contributed by atoms with Crippen molar-refractivity contribution in [1.82, 2.24) is 9.13 Å². The fourth-order valence-corrected chi connectivity index (χ4v) is 4.59. The highest BCUT2D eigenvalue weighted by Gasteiger charge is 2.23. The first-order chi connectivity index (χ1) is 19.0. The lowest BCUT2D eigenvalue weighted by molar-refractivity contribution is 0.0697. The average Bonchev–Trinajstić information content (AvgIpc) is 2.98. The van der Waals surface area contributed by atoms with Crippen LogP contribution in [0.15, 0.2) is 131 Å². The first-order valence-corrected chi connectivity index (χ1v) is 12.5. The van der Waals surface area contributed by atoms with E-state index in [4.69, 9.17) is 9.84 Å². The molecule has 0 unspecified atom stereocenters. The first-order valence-electron chi connectivity index (χ1n) is 12.5. The second-order valence-electron chi connectivity index (χ2n) is 8.92. The molecule has 1 N–H and O–H groups in total. The number of benzene rings is 4. The highest BCUT2D eigenvalue weighted by molar-refractivity contribution is 5.87. The van der Waals surface area contributed by atoms with Gasteiger partial charge in [-0.2, -0.15) is 0 Å². The fourth-order valence-electron chi connectivity index (χ4n) is 4.59. The van der Waals surface area contributed by atoms with Crippen LogP contribution in [0.4, 0.5) is 0 Å². The van der Waals surface area contributed by atoms with E-state index >= 15 is 0 Å². The number of rotatable bonds is 9. The highest BCUT2D eigenvalue weighted by atomic mass is 16.5. The molecule has 0 spiro atoms. The lowest BCUT2D eigenvalue weighted by Crippen LogP contribution is -2.43. The van der Waals surface area contributed by atoms with Gasteiger partial charge in [-0.05, 0) is 53.6 Å². The standard InChI is InChI=1S/C32H26N2O5/c35-30-27-15-7-8-16-28(27)33(21-9-10-22-39-26-19-17-25(18-20-26)31(36)37)32(38)34(30)29(23-11-3-1-4-12-23)24-13-5-2-6-14-24/h1-20,29H,21-22H2,(H,36,37)/b10-9+. The zero-order valence-electron chi connectivity index (χ0n) is 21.0. The smallest absolute Gasteiger partial charge is 0.335 e. The molecule has 0 saturated carbocycles. The molecule has 0 radical (unpaired) electrons. The molecular weight excluding hydrogens is 492 g/mol. The van der Waals surface area contributed by atoms with Gasteiger partial charge in [0.1, 0.15) is 12.4 Å². The minimum atomic E-state index is -0.998. The molecule has 7 nitrogen and oxygen atoms in total. The van der Waals surface area contributed by atoms with Gasteiger partial charge in [-0.3, -0.25) is 9.36 Å². The molecule has 194 valence electrons. The van der Waals surface area contributed by atoms with Gasteiger partial charge in [0.2, 0.25) is 0 Å². The van der Waals surface area contributed by atoms with Gasteiger partial charge >= 0.3 is 11.7 Å². The molecule has 0 saturated heterocycles. The van der Waals surface area contributed by atoms with Crippen LogP contribution < -0.4 is 16.0 Å². The van der Waals surface area contributed by atoms with Crippen LogP contribution in [0.5, 0.6) is 5.75 Å². The molecule has 1 heterocycles. The van der Waals surface area contributed by atoms with Crippen molar-refractivity contribution in [3.05, 3.63) is 159 Å². The second-order valence-corrected chi connectivity index (χ2v) is 8.92. The van der Waals surface area contributed by atoms with Gasteiger partial charge in [0.25, 0.3) is 5.56 Å². The summed E-state index contributed by atoms with van der Waals surface area (Å²) in [6.07, 6.45) is 3.60. The van der Waals surface area contributed by atoms with Crippen LogP contribution in [0.25, 0.3) is 10.9 Å². The number of carboxylic acids is 1. The second kappa shape index (κ2) is 11.5. The van der Waals surface area contributed by atoms with E-state index in [1.165, 1.54) is 16.7 Å². The summed E-state index contributed by atoms with van der Waals surface area (Å²) in [5.74, 6) is -0.461.